The summed E-state index contributed by atoms with van der Waals surface area (Å²) in [5, 5.41) is 2.89. The second-order valence-corrected chi connectivity index (χ2v) is 5.36. The summed E-state index contributed by atoms with van der Waals surface area (Å²) in [6.07, 6.45) is 3.98. The molecule has 118 valence electrons. The van der Waals surface area contributed by atoms with Crippen LogP contribution in [0.2, 0.25) is 0 Å². The normalized spacial score (nSPS) is 10.7. The highest BCUT2D eigenvalue weighted by atomic mass is 16.1. The van der Waals surface area contributed by atoms with E-state index in [0.29, 0.717) is 6.54 Å². The molecule has 0 aliphatic carbocycles. The Morgan fingerprint density at radius 3 is 2.57 bits per heavy atom. The van der Waals surface area contributed by atoms with Gasteiger partial charge in [-0.05, 0) is 54.3 Å². The minimum Gasteiger partial charge on any atom is -0.330 e. The van der Waals surface area contributed by atoms with Crippen LogP contribution >= 0.6 is 0 Å². The van der Waals surface area contributed by atoms with E-state index in [2.05, 4.69) is 11.9 Å². The Kier molecular flexibility index (Phi) is 5.89. The van der Waals surface area contributed by atoms with Crippen LogP contribution in [0.5, 0.6) is 0 Å². The predicted molar refractivity (Wildman–Crippen MR) is 97.2 cm³/mol. The van der Waals surface area contributed by atoms with Gasteiger partial charge in [-0.1, -0.05) is 49.0 Å². The second kappa shape index (κ2) is 8.11. The molecule has 0 aliphatic rings. The number of nitrogens with one attached hydrogen (secondary N) is 1. The van der Waals surface area contributed by atoms with Crippen LogP contribution in [0.25, 0.3) is 5.57 Å². The van der Waals surface area contributed by atoms with Crippen molar-refractivity contribution in [3.63, 3.8) is 0 Å². The largest absolute Gasteiger partial charge is 0.330 e. The SMILES string of the molecule is C=C(/C=C/C(=O)Nc1ccccc1CCN)c1ccccc1C. The number of amides is 1. The lowest BCUT2D eigenvalue weighted by Crippen LogP contribution is -2.11. The van der Waals surface area contributed by atoms with Crippen molar-refractivity contribution in [2.24, 2.45) is 5.73 Å². The van der Waals surface area contributed by atoms with Gasteiger partial charge in [0.25, 0.3) is 0 Å². The van der Waals surface area contributed by atoms with E-state index in [-0.39, 0.29) is 5.91 Å². The first kappa shape index (κ1) is 16.7. The molecule has 2 aromatic rings. The first-order valence-electron chi connectivity index (χ1n) is 7.63. The molecule has 23 heavy (non-hydrogen) atoms. The zero-order valence-corrected chi connectivity index (χ0v) is 13.4. The maximum absolute atomic E-state index is 12.1. The van der Waals surface area contributed by atoms with Crippen molar-refractivity contribution in [3.8, 4) is 0 Å². The Morgan fingerprint density at radius 1 is 1.13 bits per heavy atom. The third-order valence-electron chi connectivity index (χ3n) is 3.62. The number of carbonyl (C=O) groups is 1. The molecule has 2 aromatic carbocycles. The summed E-state index contributed by atoms with van der Waals surface area (Å²) >= 11 is 0. The van der Waals surface area contributed by atoms with E-state index < -0.39 is 0 Å². The van der Waals surface area contributed by atoms with Crippen molar-refractivity contribution in [1.29, 1.82) is 0 Å². The van der Waals surface area contributed by atoms with Gasteiger partial charge in [0, 0.05) is 11.8 Å². The minimum absolute atomic E-state index is 0.177. The lowest BCUT2D eigenvalue weighted by atomic mass is 10.0. The third-order valence-corrected chi connectivity index (χ3v) is 3.62. The fraction of sp³-hybridized carbons (Fsp3) is 0.150. The fourth-order valence-electron chi connectivity index (χ4n) is 2.39. The second-order valence-electron chi connectivity index (χ2n) is 5.36. The Bertz CT molecular complexity index is 732. The first-order chi connectivity index (χ1) is 11.1. The number of anilines is 1. The quantitative estimate of drug-likeness (QED) is 0.631. The number of hydrogen-bond acceptors (Lipinski definition) is 2. The van der Waals surface area contributed by atoms with Gasteiger partial charge in [0.05, 0.1) is 0 Å². The van der Waals surface area contributed by atoms with E-state index >= 15 is 0 Å². The summed E-state index contributed by atoms with van der Waals surface area (Å²) in [5.41, 5.74) is 10.4. The number of nitrogens with two attached hydrogens (primary N) is 1. The van der Waals surface area contributed by atoms with Gasteiger partial charge in [-0.2, -0.15) is 0 Å². The number of hydrogen-bond donors (Lipinski definition) is 2. The zero-order valence-electron chi connectivity index (χ0n) is 13.4. The van der Waals surface area contributed by atoms with Gasteiger partial charge in [0.15, 0.2) is 0 Å². The summed E-state index contributed by atoms with van der Waals surface area (Å²) in [7, 11) is 0. The molecule has 0 aliphatic heterocycles. The molecule has 3 nitrogen and oxygen atoms in total. The summed E-state index contributed by atoms with van der Waals surface area (Å²) in [5.74, 6) is -0.177. The zero-order chi connectivity index (χ0) is 16.7. The topological polar surface area (TPSA) is 55.1 Å². The highest BCUT2D eigenvalue weighted by Gasteiger charge is 2.04. The smallest absolute Gasteiger partial charge is 0.248 e. The molecule has 0 unspecified atom stereocenters. The van der Waals surface area contributed by atoms with E-state index in [1.807, 2.05) is 55.5 Å². The van der Waals surface area contributed by atoms with Crippen LogP contribution < -0.4 is 11.1 Å². The highest BCUT2D eigenvalue weighted by Crippen LogP contribution is 2.18. The molecule has 3 N–H and O–H groups in total. The summed E-state index contributed by atoms with van der Waals surface area (Å²) in [6, 6.07) is 15.7. The molecule has 1 amide bonds. The van der Waals surface area contributed by atoms with Crippen LogP contribution in [-0.2, 0) is 11.2 Å². The van der Waals surface area contributed by atoms with Crippen molar-refractivity contribution in [2.75, 3.05) is 11.9 Å². The number of benzene rings is 2. The molecule has 0 spiro atoms. The Labute approximate surface area is 137 Å². The lowest BCUT2D eigenvalue weighted by Gasteiger charge is -2.09. The number of rotatable bonds is 6. The molecule has 0 saturated carbocycles. The summed E-state index contributed by atoms with van der Waals surface area (Å²) in [6.45, 7) is 6.60. The Morgan fingerprint density at radius 2 is 1.83 bits per heavy atom. The molecule has 2 rings (SSSR count). The monoisotopic (exact) mass is 306 g/mol. The average molecular weight is 306 g/mol. The van der Waals surface area contributed by atoms with E-state index in [1.54, 1.807) is 6.08 Å². The molecule has 0 atom stereocenters. The van der Waals surface area contributed by atoms with E-state index in [0.717, 1.165) is 34.4 Å². The van der Waals surface area contributed by atoms with Crippen molar-refractivity contribution in [3.05, 3.63) is 84.0 Å². The van der Waals surface area contributed by atoms with Gasteiger partial charge in [0.2, 0.25) is 5.91 Å². The maximum Gasteiger partial charge on any atom is 0.248 e. The average Bonchev–Trinajstić information content (AvgIpc) is 2.55. The van der Waals surface area contributed by atoms with Crippen molar-refractivity contribution in [1.82, 2.24) is 0 Å². The van der Waals surface area contributed by atoms with Gasteiger partial charge in [-0.3, -0.25) is 4.79 Å². The number of allylic oxidation sites excluding steroid dienone is 2. The van der Waals surface area contributed by atoms with Gasteiger partial charge in [-0.25, -0.2) is 0 Å². The summed E-state index contributed by atoms with van der Waals surface area (Å²) < 4.78 is 0. The van der Waals surface area contributed by atoms with Crippen molar-refractivity contribution >= 4 is 17.2 Å². The molecule has 0 saturated heterocycles. The molecular formula is C20H22N2O. The Hall–Kier alpha value is -2.65. The maximum atomic E-state index is 12.1. The number of carbonyl (C=O) groups excluding carboxylic acids is 1. The molecule has 3 heteroatoms. The van der Waals surface area contributed by atoms with Crippen LogP contribution in [0.1, 0.15) is 16.7 Å². The van der Waals surface area contributed by atoms with Crippen LogP contribution in [-0.4, -0.2) is 12.5 Å². The first-order valence-corrected chi connectivity index (χ1v) is 7.63. The van der Waals surface area contributed by atoms with Crippen molar-refractivity contribution < 1.29 is 4.79 Å². The van der Waals surface area contributed by atoms with Crippen LogP contribution in [0.3, 0.4) is 0 Å². The predicted octanol–water partition coefficient (Wildman–Crippen LogP) is 3.70. The van der Waals surface area contributed by atoms with Crippen LogP contribution in [0, 0.1) is 6.92 Å². The minimum atomic E-state index is -0.177. The van der Waals surface area contributed by atoms with Gasteiger partial charge in [0.1, 0.15) is 0 Å². The van der Waals surface area contributed by atoms with Gasteiger partial charge in [-0.15, -0.1) is 0 Å². The molecule has 0 bridgehead atoms. The van der Waals surface area contributed by atoms with E-state index in [1.165, 1.54) is 6.08 Å². The molecular weight excluding hydrogens is 284 g/mol. The molecule has 0 heterocycles. The van der Waals surface area contributed by atoms with E-state index in [4.69, 9.17) is 5.73 Å². The van der Waals surface area contributed by atoms with Crippen LogP contribution in [0.15, 0.2) is 67.3 Å². The van der Waals surface area contributed by atoms with Gasteiger partial charge >= 0.3 is 0 Å². The highest BCUT2D eigenvalue weighted by molar-refractivity contribution is 6.01. The molecule has 0 radical (unpaired) electrons. The lowest BCUT2D eigenvalue weighted by molar-refractivity contribution is -0.111. The summed E-state index contributed by atoms with van der Waals surface area (Å²) in [4.78, 5) is 12.1. The number of aryl methyl sites for hydroxylation is 1. The van der Waals surface area contributed by atoms with E-state index in [9.17, 15) is 4.79 Å². The van der Waals surface area contributed by atoms with Crippen molar-refractivity contribution in [2.45, 2.75) is 13.3 Å². The van der Waals surface area contributed by atoms with Crippen LogP contribution in [0.4, 0.5) is 5.69 Å². The number of para-hydroxylation sites is 1. The third kappa shape index (κ3) is 4.66. The standard InChI is InChI=1S/C20H22N2O/c1-15-7-3-5-9-18(15)16(2)11-12-20(23)22-19-10-6-4-8-17(19)13-14-21/h3-12H,2,13-14,21H2,1H3,(H,22,23)/b12-11+. The van der Waals surface area contributed by atoms with Gasteiger partial charge < -0.3 is 11.1 Å². The Balaban J connectivity index is 2.05. The molecule has 0 aromatic heterocycles. The molecule has 0 fully saturated rings. The fourth-order valence-corrected chi connectivity index (χ4v) is 2.39.